The summed E-state index contributed by atoms with van der Waals surface area (Å²) in [6.45, 7) is 14.3. The number of allylic oxidation sites excluding steroid dienone is 8. The fourth-order valence-corrected chi connectivity index (χ4v) is 16.7. The summed E-state index contributed by atoms with van der Waals surface area (Å²) in [5.74, 6) is -2.21. The van der Waals surface area contributed by atoms with Crippen LogP contribution in [0.15, 0.2) is 47.6 Å². The quantitative estimate of drug-likeness (QED) is 0.153. The van der Waals surface area contributed by atoms with E-state index < -0.39 is 87.9 Å². The van der Waals surface area contributed by atoms with E-state index in [0.717, 1.165) is 30.4 Å². The van der Waals surface area contributed by atoms with Gasteiger partial charge in [0.1, 0.15) is 6.61 Å². The van der Waals surface area contributed by atoms with Crippen LogP contribution in [0.1, 0.15) is 132 Å². The average Bonchev–Trinajstić information content (AvgIpc) is 3.85. The van der Waals surface area contributed by atoms with Crippen molar-refractivity contribution in [3.8, 4) is 0 Å². The van der Waals surface area contributed by atoms with Crippen LogP contribution in [0.25, 0.3) is 0 Å². The third kappa shape index (κ3) is 6.99. The lowest BCUT2D eigenvalue weighted by molar-refractivity contribution is -0.203. The summed E-state index contributed by atoms with van der Waals surface area (Å²) >= 11 is 7.48. The summed E-state index contributed by atoms with van der Waals surface area (Å²) in [5, 5.41) is 33.2. The number of carbonyl (C=O) groups is 6. The number of hydrogen-bond acceptors (Lipinski definition) is 13. The van der Waals surface area contributed by atoms with Crippen molar-refractivity contribution >= 4 is 46.7 Å². The molecule has 0 aromatic carbocycles. The van der Waals surface area contributed by atoms with Gasteiger partial charge in [-0.3, -0.25) is 28.8 Å². The van der Waals surface area contributed by atoms with E-state index in [0.29, 0.717) is 38.5 Å². The van der Waals surface area contributed by atoms with Crippen LogP contribution in [0.4, 0.5) is 0 Å². The minimum absolute atomic E-state index is 0.0125. The van der Waals surface area contributed by atoms with Crippen molar-refractivity contribution in [2.45, 2.75) is 173 Å². The van der Waals surface area contributed by atoms with Crippen molar-refractivity contribution in [2.24, 2.45) is 57.2 Å². The number of hydrogen-bond donors (Lipinski definition) is 3. The molecular weight excluding hydrogens is 880 g/mol. The van der Waals surface area contributed by atoms with E-state index in [1.165, 1.54) is 6.08 Å². The van der Waals surface area contributed by atoms with E-state index in [-0.39, 0.29) is 77.5 Å². The Bertz CT molecular complexity index is 2210. The van der Waals surface area contributed by atoms with Crippen LogP contribution in [0.5, 0.6) is 0 Å². The second kappa shape index (κ2) is 17.5. The number of rotatable bonds is 10. The normalized spacial score (nSPS) is 46.4. The zero-order valence-electron chi connectivity index (χ0n) is 40.4. The van der Waals surface area contributed by atoms with Crippen molar-refractivity contribution in [1.82, 2.24) is 0 Å². The van der Waals surface area contributed by atoms with Crippen LogP contribution < -0.4 is 0 Å². The highest BCUT2D eigenvalue weighted by Crippen LogP contribution is 2.73. The molecule has 0 spiro atoms. The molecule has 368 valence electrons. The molecule has 17 atom stereocenters. The van der Waals surface area contributed by atoms with Crippen molar-refractivity contribution in [1.29, 1.82) is 0 Å². The maximum atomic E-state index is 13.9. The zero-order valence-corrected chi connectivity index (χ0v) is 41.2. The average molecular weight is 952 g/mol. The Labute approximate surface area is 399 Å². The van der Waals surface area contributed by atoms with Crippen LogP contribution in [0, 0.1) is 57.2 Å². The number of fused-ring (bicyclic) bond motifs is 12. The SMILES string of the molecule is CCC(=O)OCC(=O)[C@@]1(OC(=O)CC)[C@@H](C)C[C@H]2[C@@H]3CCC4=CC(=O)C=C[C@]4(C)[C@@]3(Cl)[C@@H](O)C[C@@]21C.CCC[C@@H]1O[C@@H]2C[C@H]3[C@@H]4CCC5=CC(=O)C=C[C@]5(C)[C@H]4[C@@H](O)C[C@]3(C)[C@]2(C(=O)CO)O1. The zero-order chi connectivity index (χ0) is 48.9. The van der Waals surface area contributed by atoms with Gasteiger partial charge in [-0.15, -0.1) is 11.6 Å². The Morgan fingerprint density at radius 1 is 0.821 bits per heavy atom. The number of halogens is 1. The van der Waals surface area contributed by atoms with E-state index in [9.17, 15) is 44.1 Å². The predicted molar refractivity (Wildman–Crippen MR) is 246 cm³/mol. The lowest BCUT2D eigenvalue weighted by Crippen LogP contribution is -2.69. The number of ketones is 4. The third-order valence-corrected chi connectivity index (χ3v) is 20.1. The van der Waals surface area contributed by atoms with E-state index in [4.69, 9.17) is 30.5 Å². The molecule has 1 heterocycles. The molecule has 8 aliphatic carbocycles. The van der Waals surface area contributed by atoms with E-state index in [2.05, 4.69) is 20.8 Å². The van der Waals surface area contributed by atoms with Gasteiger partial charge >= 0.3 is 11.9 Å². The van der Waals surface area contributed by atoms with Gasteiger partial charge < -0.3 is 34.3 Å². The number of carbonyl (C=O) groups excluding carboxylic acids is 6. The monoisotopic (exact) mass is 950 g/mol. The minimum Gasteiger partial charge on any atom is -0.457 e. The van der Waals surface area contributed by atoms with Crippen LogP contribution >= 0.6 is 11.6 Å². The number of alkyl halides is 1. The fraction of sp³-hybridized carbons (Fsp3) is 0.736. The molecule has 14 heteroatoms. The number of esters is 2. The van der Waals surface area contributed by atoms with Gasteiger partial charge in [-0.2, -0.15) is 0 Å². The second-order valence-corrected chi connectivity index (χ2v) is 22.8. The Morgan fingerprint density at radius 2 is 1.48 bits per heavy atom. The topological polar surface area (TPSA) is 200 Å². The Hall–Kier alpha value is -3.33. The van der Waals surface area contributed by atoms with Crippen LogP contribution in [-0.4, -0.2) is 104 Å². The highest BCUT2D eigenvalue weighted by molar-refractivity contribution is 6.26. The van der Waals surface area contributed by atoms with Gasteiger partial charge in [0.15, 0.2) is 41.4 Å². The van der Waals surface area contributed by atoms with E-state index in [1.54, 1.807) is 32.1 Å². The Balaban J connectivity index is 0.000000183. The predicted octanol–water partition coefficient (Wildman–Crippen LogP) is 6.80. The second-order valence-electron chi connectivity index (χ2n) is 22.1. The van der Waals surface area contributed by atoms with Gasteiger partial charge in [-0.05, 0) is 106 Å². The minimum atomic E-state index is -1.55. The lowest BCUT2D eigenvalue weighted by Gasteiger charge is -2.64. The van der Waals surface area contributed by atoms with Crippen molar-refractivity contribution in [3.05, 3.63) is 47.6 Å². The molecular formula is C53H71ClO13. The molecule has 1 aliphatic heterocycles. The summed E-state index contributed by atoms with van der Waals surface area (Å²) in [5.41, 5.74) is -3.31. The van der Waals surface area contributed by atoms with Gasteiger partial charge in [-0.25, -0.2) is 0 Å². The highest BCUT2D eigenvalue weighted by atomic mass is 35.5. The van der Waals surface area contributed by atoms with Crippen molar-refractivity contribution in [2.75, 3.05) is 13.2 Å². The van der Waals surface area contributed by atoms with Crippen LogP contribution in [-0.2, 0) is 47.7 Å². The molecule has 0 amide bonds. The summed E-state index contributed by atoms with van der Waals surface area (Å²) in [6, 6.07) is 0. The smallest absolute Gasteiger partial charge is 0.306 e. The highest BCUT2D eigenvalue weighted by Gasteiger charge is 2.78. The standard InChI is InChI=1S/C28H37ClO7.C25H34O6/c1-6-23(33)35-15-22(32)28(36-24(34)7-2)16(3)12-20-19-9-8-17-13-18(30)10-11-25(17,4)27(19,29)21(31)14-26(20,28)5;1-4-5-21-30-20-11-17-16-7-6-14-10-15(27)8-9-23(14,2)22(16)18(28)12-24(17,3)25(20,31-21)19(29)13-26/h10-11,13,16,19-21,31H,6-9,12,14-15H2,1-5H3;8-10,16-18,20-22,26,28H,4-7,11-13H2,1-3H3/t16-,19-,20-,21-,25-,26-,27-,28-;16-,17-,18-,20+,21+,22+,23-,24-,25+/m00/s1. The van der Waals surface area contributed by atoms with Gasteiger partial charge in [0, 0.05) is 46.3 Å². The van der Waals surface area contributed by atoms with Gasteiger partial charge in [0.05, 0.1) is 23.2 Å². The molecule has 9 rings (SSSR count). The molecule has 0 aromatic heterocycles. The molecule has 0 aromatic rings. The lowest BCUT2D eigenvalue weighted by atomic mass is 9.45. The molecule has 0 bridgehead atoms. The Kier molecular flexibility index (Phi) is 13.1. The van der Waals surface area contributed by atoms with Crippen LogP contribution in [0.3, 0.4) is 0 Å². The Morgan fingerprint density at radius 3 is 2.13 bits per heavy atom. The van der Waals surface area contributed by atoms with Gasteiger partial charge in [0.25, 0.3) is 0 Å². The molecule has 0 unspecified atom stereocenters. The molecule has 1 saturated heterocycles. The van der Waals surface area contributed by atoms with Crippen molar-refractivity contribution < 1.29 is 63.0 Å². The van der Waals surface area contributed by atoms with Gasteiger partial charge in [0.2, 0.25) is 5.78 Å². The van der Waals surface area contributed by atoms with Crippen molar-refractivity contribution in [3.63, 3.8) is 0 Å². The molecule has 7 fully saturated rings. The first kappa shape index (κ1) is 50.1. The number of ether oxygens (including phenoxy) is 4. The first-order valence-corrected chi connectivity index (χ1v) is 25.2. The fourth-order valence-electron chi connectivity index (χ4n) is 16.1. The number of aliphatic hydroxyl groups is 3. The molecule has 0 radical (unpaired) electrons. The molecule has 67 heavy (non-hydrogen) atoms. The summed E-state index contributed by atoms with van der Waals surface area (Å²) in [6.07, 6.45) is 14.5. The van der Waals surface area contributed by atoms with E-state index >= 15 is 0 Å². The first-order valence-electron chi connectivity index (χ1n) is 24.8. The molecule has 3 N–H and O–H groups in total. The number of Topliss-reactive ketones (excluding diaryl/α,β-unsaturated/α-hetero) is 2. The van der Waals surface area contributed by atoms with E-state index in [1.807, 2.05) is 32.9 Å². The molecule has 9 aliphatic rings. The summed E-state index contributed by atoms with van der Waals surface area (Å²) in [7, 11) is 0. The maximum absolute atomic E-state index is 13.9. The summed E-state index contributed by atoms with van der Waals surface area (Å²) < 4.78 is 23.9. The third-order valence-electron chi connectivity index (χ3n) is 19.2. The number of aliphatic hydroxyl groups excluding tert-OH is 3. The largest absolute Gasteiger partial charge is 0.457 e. The first-order chi connectivity index (χ1) is 31.5. The van der Waals surface area contributed by atoms with Crippen LogP contribution in [0.2, 0.25) is 0 Å². The summed E-state index contributed by atoms with van der Waals surface area (Å²) in [4.78, 5) is 74.7. The van der Waals surface area contributed by atoms with Gasteiger partial charge in [-0.1, -0.05) is 85.1 Å². The maximum Gasteiger partial charge on any atom is 0.306 e. The molecule has 13 nitrogen and oxygen atoms in total. The molecule has 6 saturated carbocycles.